The summed E-state index contributed by atoms with van der Waals surface area (Å²) in [5, 5.41) is 3.02. The van der Waals surface area contributed by atoms with Gasteiger partial charge in [-0.3, -0.25) is 9.69 Å². The molecule has 18 heavy (non-hydrogen) atoms. The van der Waals surface area contributed by atoms with Crippen LogP contribution in [-0.4, -0.2) is 35.1 Å². The van der Waals surface area contributed by atoms with Crippen LogP contribution in [0.5, 0.6) is 0 Å². The standard InChI is InChI=1S/C14H29N3O/c1-5-6-7-10-17-11-8-9-14(17,15)12(18)16-13(2,3)4/h5-11,15H2,1-4H3,(H,16,18)/t14-/m0/s1. The molecule has 0 aromatic heterocycles. The fourth-order valence-electron chi connectivity index (χ4n) is 2.47. The van der Waals surface area contributed by atoms with Crippen molar-refractivity contribution in [2.45, 2.75) is 71.0 Å². The Labute approximate surface area is 111 Å². The number of hydrogen-bond acceptors (Lipinski definition) is 3. The Morgan fingerprint density at radius 2 is 2.06 bits per heavy atom. The summed E-state index contributed by atoms with van der Waals surface area (Å²) >= 11 is 0. The van der Waals surface area contributed by atoms with Gasteiger partial charge >= 0.3 is 0 Å². The Morgan fingerprint density at radius 3 is 2.61 bits per heavy atom. The molecule has 0 aromatic carbocycles. The molecule has 4 heteroatoms. The molecule has 1 heterocycles. The summed E-state index contributed by atoms with van der Waals surface area (Å²) in [4.78, 5) is 14.5. The van der Waals surface area contributed by atoms with Gasteiger partial charge in [0.1, 0.15) is 5.66 Å². The number of hydrogen-bond donors (Lipinski definition) is 2. The van der Waals surface area contributed by atoms with Crippen molar-refractivity contribution in [1.82, 2.24) is 10.2 Å². The van der Waals surface area contributed by atoms with Gasteiger partial charge in [-0.1, -0.05) is 19.8 Å². The van der Waals surface area contributed by atoms with Crippen LogP contribution in [0.3, 0.4) is 0 Å². The summed E-state index contributed by atoms with van der Waals surface area (Å²) in [6, 6.07) is 0. The first-order valence-corrected chi connectivity index (χ1v) is 7.16. The summed E-state index contributed by atoms with van der Waals surface area (Å²) in [5.41, 5.74) is 5.34. The molecule has 1 amide bonds. The molecule has 4 nitrogen and oxygen atoms in total. The van der Waals surface area contributed by atoms with Crippen LogP contribution in [0.2, 0.25) is 0 Å². The lowest BCUT2D eigenvalue weighted by Gasteiger charge is -2.36. The van der Waals surface area contributed by atoms with Gasteiger partial charge in [-0.25, -0.2) is 0 Å². The van der Waals surface area contributed by atoms with E-state index in [-0.39, 0.29) is 11.4 Å². The van der Waals surface area contributed by atoms with Crippen molar-refractivity contribution in [3.8, 4) is 0 Å². The maximum absolute atomic E-state index is 12.3. The Bertz CT molecular complexity index is 285. The van der Waals surface area contributed by atoms with Crippen molar-refractivity contribution in [1.29, 1.82) is 0 Å². The summed E-state index contributed by atoms with van der Waals surface area (Å²) in [7, 11) is 0. The summed E-state index contributed by atoms with van der Waals surface area (Å²) < 4.78 is 0. The molecule has 0 bridgehead atoms. The summed E-state index contributed by atoms with van der Waals surface area (Å²) in [5.74, 6) is -0.0241. The molecule has 106 valence electrons. The highest BCUT2D eigenvalue weighted by atomic mass is 16.2. The molecule has 0 radical (unpaired) electrons. The molecule has 1 atom stereocenters. The van der Waals surface area contributed by atoms with Crippen LogP contribution in [0, 0.1) is 0 Å². The molecular formula is C14H29N3O. The molecule has 1 aliphatic heterocycles. The molecule has 1 saturated heterocycles. The largest absolute Gasteiger partial charge is 0.349 e. The predicted molar refractivity (Wildman–Crippen MR) is 75.1 cm³/mol. The van der Waals surface area contributed by atoms with Gasteiger partial charge < -0.3 is 11.1 Å². The number of carbonyl (C=O) groups is 1. The van der Waals surface area contributed by atoms with Crippen LogP contribution in [0.25, 0.3) is 0 Å². The van der Waals surface area contributed by atoms with Crippen LogP contribution < -0.4 is 11.1 Å². The third kappa shape index (κ3) is 3.95. The summed E-state index contributed by atoms with van der Waals surface area (Å²) in [6.07, 6.45) is 5.30. The highest BCUT2D eigenvalue weighted by Gasteiger charge is 2.44. The lowest BCUT2D eigenvalue weighted by atomic mass is 10.0. The van der Waals surface area contributed by atoms with E-state index in [1.54, 1.807) is 0 Å². The molecule has 0 unspecified atom stereocenters. The quantitative estimate of drug-likeness (QED) is 0.737. The van der Waals surface area contributed by atoms with Crippen molar-refractivity contribution in [2.75, 3.05) is 13.1 Å². The first-order chi connectivity index (χ1) is 8.29. The maximum atomic E-state index is 12.3. The van der Waals surface area contributed by atoms with Crippen LogP contribution in [-0.2, 0) is 4.79 Å². The third-order valence-corrected chi connectivity index (χ3v) is 3.46. The van der Waals surface area contributed by atoms with Crippen LogP contribution >= 0.6 is 0 Å². The Kier molecular flexibility index (Phi) is 5.17. The zero-order valence-corrected chi connectivity index (χ0v) is 12.4. The average molecular weight is 255 g/mol. The van der Waals surface area contributed by atoms with Crippen molar-refractivity contribution in [2.24, 2.45) is 5.73 Å². The van der Waals surface area contributed by atoms with E-state index in [9.17, 15) is 4.79 Å². The second-order valence-corrected chi connectivity index (χ2v) is 6.43. The molecule has 1 fully saturated rings. The van der Waals surface area contributed by atoms with Crippen LogP contribution in [0.1, 0.15) is 59.8 Å². The van der Waals surface area contributed by atoms with Gasteiger partial charge in [-0.05, 0) is 40.0 Å². The minimum Gasteiger partial charge on any atom is -0.349 e. The number of rotatable bonds is 5. The second kappa shape index (κ2) is 6.02. The van der Waals surface area contributed by atoms with Gasteiger partial charge in [-0.15, -0.1) is 0 Å². The first kappa shape index (κ1) is 15.4. The number of nitrogens with one attached hydrogen (secondary N) is 1. The molecule has 1 aliphatic rings. The van der Waals surface area contributed by atoms with Gasteiger partial charge in [0.25, 0.3) is 5.91 Å². The fraction of sp³-hybridized carbons (Fsp3) is 0.929. The number of nitrogens with two attached hydrogens (primary N) is 1. The fourth-order valence-corrected chi connectivity index (χ4v) is 2.47. The zero-order chi connectivity index (χ0) is 13.8. The first-order valence-electron chi connectivity index (χ1n) is 7.16. The van der Waals surface area contributed by atoms with Gasteiger partial charge in [0.15, 0.2) is 0 Å². The Hall–Kier alpha value is -0.610. The lowest BCUT2D eigenvalue weighted by Crippen LogP contribution is -2.64. The maximum Gasteiger partial charge on any atom is 0.255 e. The predicted octanol–water partition coefficient (Wildman–Crippen LogP) is 1.84. The van der Waals surface area contributed by atoms with E-state index in [4.69, 9.17) is 5.73 Å². The Balaban J connectivity index is 2.61. The summed E-state index contributed by atoms with van der Waals surface area (Å²) in [6.45, 7) is 10.0. The van der Waals surface area contributed by atoms with Crippen LogP contribution in [0.4, 0.5) is 0 Å². The van der Waals surface area contributed by atoms with Crippen molar-refractivity contribution >= 4 is 5.91 Å². The monoisotopic (exact) mass is 255 g/mol. The molecule has 0 aliphatic carbocycles. The third-order valence-electron chi connectivity index (χ3n) is 3.46. The minimum atomic E-state index is -0.791. The normalized spacial score (nSPS) is 25.4. The van der Waals surface area contributed by atoms with E-state index < -0.39 is 5.66 Å². The molecule has 0 saturated carbocycles. The molecule has 1 rings (SSSR count). The van der Waals surface area contributed by atoms with Gasteiger partial charge in [-0.2, -0.15) is 0 Å². The SMILES string of the molecule is CCCCCN1CCC[C@@]1(N)C(=O)NC(C)(C)C. The van der Waals surface area contributed by atoms with E-state index >= 15 is 0 Å². The van der Waals surface area contributed by atoms with Crippen LogP contribution in [0.15, 0.2) is 0 Å². The van der Waals surface area contributed by atoms with E-state index in [0.717, 1.165) is 32.4 Å². The average Bonchev–Trinajstić information content (AvgIpc) is 2.60. The van der Waals surface area contributed by atoms with E-state index in [1.165, 1.54) is 12.8 Å². The topological polar surface area (TPSA) is 58.4 Å². The highest BCUT2D eigenvalue weighted by Crippen LogP contribution is 2.25. The smallest absolute Gasteiger partial charge is 0.255 e. The van der Waals surface area contributed by atoms with E-state index in [2.05, 4.69) is 17.1 Å². The number of likely N-dealkylation sites (tertiary alicyclic amines) is 1. The molecular weight excluding hydrogens is 226 g/mol. The Morgan fingerprint density at radius 1 is 1.39 bits per heavy atom. The molecule has 3 N–H and O–H groups in total. The van der Waals surface area contributed by atoms with Crippen molar-refractivity contribution in [3.63, 3.8) is 0 Å². The van der Waals surface area contributed by atoms with Crippen molar-refractivity contribution < 1.29 is 4.79 Å². The number of amides is 1. The van der Waals surface area contributed by atoms with E-state index in [1.807, 2.05) is 20.8 Å². The zero-order valence-electron chi connectivity index (χ0n) is 12.4. The van der Waals surface area contributed by atoms with Gasteiger partial charge in [0.2, 0.25) is 0 Å². The number of unbranched alkanes of at least 4 members (excludes halogenated alkanes) is 2. The highest BCUT2D eigenvalue weighted by molar-refractivity contribution is 5.86. The van der Waals surface area contributed by atoms with Gasteiger partial charge in [0.05, 0.1) is 0 Å². The minimum absolute atomic E-state index is 0.0241. The lowest BCUT2D eigenvalue weighted by molar-refractivity contribution is -0.133. The molecule has 0 aromatic rings. The van der Waals surface area contributed by atoms with Crippen molar-refractivity contribution in [3.05, 3.63) is 0 Å². The number of nitrogens with zero attached hydrogens (tertiary/aromatic N) is 1. The van der Waals surface area contributed by atoms with Gasteiger partial charge in [0, 0.05) is 18.6 Å². The van der Waals surface area contributed by atoms with E-state index in [0.29, 0.717) is 0 Å². The second-order valence-electron chi connectivity index (χ2n) is 6.43. The number of carbonyl (C=O) groups excluding carboxylic acids is 1. The molecule has 0 spiro atoms.